The first-order valence-corrected chi connectivity index (χ1v) is 5.42. The number of hydrogen-bond donors (Lipinski definition) is 2. The Labute approximate surface area is 89.4 Å². The standard InChI is InChI=1S/C9H16N2O2S/c1-7(12)10-8-2-4-11(5-3-8)9(13)6-14/h8,14H,2-6H2,1H3,(H,10,12). The number of carbonyl (C=O) groups excluding carboxylic acids is 2. The molecule has 0 unspecified atom stereocenters. The van der Waals surface area contributed by atoms with E-state index < -0.39 is 0 Å². The lowest BCUT2D eigenvalue weighted by molar-refractivity contribution is -0.129. The third kappa shape index (κ3) is 3.21. The van der Waals surface area contributed by atoms with Crippen molar-refractivity contribution < 1.29 is 9.59 Å². The van der Waals surface area contributed by atoms with Gasteiger partial charge in [0.05, 0.1) is 5.75 Å². The van der Waals surface area contributed by atoms with Gasteiger partial charge in [0.15, 0.2) is 0 Å². The zero-order valence-electron chi connectivity index (χ0n) is 8.32. The average Bonchev–Trinajstić information content (AvgIpc) is 2.17. The Bertz CT molecular complexity index is 225. The first kappa shape index (κ1) is 11.4. The number of thiol groups is 1. The normalized spacial score (nSPS) is 18.0. The zero-order valence-corrected chi connectivity index (χ0v) is 9.22. The van der Waals surface area contributed by atoms with Crippen molar-refractivity contribution in [3.05, 3.63) is 0 Å². The Balaban J connectivity index is 2.31. The van der Waals surface area contributed by atoms with Crippen LogP contribution in [0.25, 0.3) is 0 Å². The van der Waals surface area contributed by atoms with Crippen molar-refractivity contribution in [3.63, 3.8) is 0 Å². The largest absolute Gasteiger partial charge is 0.353 e. The molecular weight excluding hydrogens is 200 g/mol. The van der Waals surface area contributed by atoms with Gasteiger partial charge < -0.3 is 10.2 Å². The number of carbonyl (C=O) groups is 2. The molecule has 0 aromatic rings. The monoisotopic (exact) mass is 216 g/mol. The van der Waals surface area contributed by atoms with Gasteiger partial charge in [-0.05, 0) is 12.8 Å². The van der Waals surface area contributed by atoms with Crippen LogP contribution in [0.2, 0.25) is 0 Å². The van der Waals surface area contributed by atoms with Gasteiger partial charge in [-0.1, -0.05) is 0 Å². The first-order chi connectivity index (χ1) is 6.63. The van der Waals surface area contributed by atoms with Gasteiger partial charge in [-0.15, -0.1) is 0 Å². The third-order valence-electron chi connectivity index (χ3n) is 2.39. The minimum Gasteiger partial charge on any atom is -0.353 e. The molecule has 5 heteroatoms. The van der Waals surface area contributed by atoms with E-state index in [1.807, 2.05) is 0 Å². The molecule has 1 fully saturated rings. The van der Waals surface area contributed by atoms with Gasteiger partial charge in [-0.3, -0.25) is 9.59 Å². The zero-order chi connectivity index (χ0) is 10.6. The molecule has 1 rings (SSSR count). The second-order valence-electron chi connectivity index (χ2n) is 3.51. The number of nitrogens with zero attached hydrogens (tertiary/aromatic N) is 1. The van der Waals surface area contributed by atoms with Crippen molar-refractivity contribution in [1.29, 1.82) is 0 Å². The average molecular weight is 216 g/mol. The van der Waals surface area contributed by atoms with E-state index in [2.05, 4.69) is 17.9 Å². The molecule has 1 N–H and O–H groups in total. The number of hydrogen-bond acceptors (Lipinski definition) is 3. The second-order valence-corrected chi connectivity index (χ2v) is 3.83. The van der Waals surface area contributed by atoms with Crippen LogP contribution in [0.5, 0.6) is 0 Å². The molecule has 0 aromatic heterocycles. The quantitative estimate of drug-likeness (QED) is 0.641. The van der Waals surface area contributed by atoms with Crippen LogP contribution < -0.4 is 5.32 Å². The maximum absolute atomic E-state index is 11.3. The molecule has 1 aliphatic rings. The Hall–Kier alpha value is -0.710. The molecule has 0 aliphatic carbocycles. The summed E-state index contributed by atoms with van der Waals surface area (Å²) in [4.78, 5) is 23.8. The molecule has 0 saturated carbocycles. The van der Waals surface area contributed by atoms with Crippen molar-refractivity contribution in [1.82, 2.24) is 10.2 Å². The maximum atomic E-state index is 11.3. The van der Waals surface area contributed by atoms with Crippen molar-refractivity contribution >= 4 is 24.4 Å². The van der Waals surface area contributed by atoms with Crippen LogP contribution in [0.1, 0.15) is 19.8 Å². The van der Waals surface area contributed by atoms with Crippen LogP contribution in [0, 0.1) is 0 Å². The van der Waals surface area contributed by atoms with Crippen LogP contribution in [0.4, 0.5) is 0 Å². The highest BCUT2D eigenvalue weighted by Gasteiger charge is 2.21. The van der Waals surface area contributed by atoms with Gasteiger partial charge in [0.2, 0.25) is 11.8 Å². The number of nitrogens with one attached hydrogen (secondary N) is 1. The topological polar surface area (TPSA) is 49.4 Å². The van der Waals surface area contributed by atoms with E-state index in [1.54, 1.807) is 4.90 Å². The highest BCUT2D eigenvalue weighted by molar-refractivity contribution is 7.81. The van der Waals surface area contributed by atoms with Crippen LogP contribution in [-0.2, 0) is 9.59 Å². The highest BCUT2D eigenvalue weighted by Crippen LogP contribution is 2.10. The minimum atomic E-state index is 0.00368. The molecule has 4 nitrogen and oxygen atoms in total. The fourth-order valence-corrected chi connectivity index (χ4v) is 1.86. The molecule has 1 heterocycles. The Morgan fingerprint density at radius 3 is 2.43 bits per heavy atom. The fraction of sp³-hybridized carbons (Fsp3) is 0.778. The summed E-state index contributed by atoms with van der Waals surface area (Å²) < 4.78 is 0. The van der Waals surface area contributed by atoms with Gasteiger partial charge in [-0.25, -0.2) is 0 Å². The Morgan fingerprint density at radius 2 is 2.00 bits per heavy atom. The van der Waals surface area contributed by atoms with E-state index in [4.69, 9.17) is 0 Å². The van der Waals surface area contributed by atoms with Gasteiger partial charge in [0, 0.05) is 26.1 Å². The predicted molar refractivity (Wildman–Crippen MR) is 57.3 cm³/mol. The lowest BCUT2D eigenvalue weighted by atomic mass is 10.1. The van der Waals surface area contributed by atoms with Gasteiger partial charge in [0.1, 0.15) is 0 Å². The molecule has 0 radical (unpaired) electrons. The summed E-state index contributed by atoms with van der Waals surface area (Å²) in [5, 5.41) is 2.86. The Morgan fingerprint density at radius 1 is 1.43 bits per heavy atom. The van der Waals surface area contributed by atoms with E-state index in [1.165, 1.54) is 6.92 Å². The molecule has 1 aliphatic heterocycles. The molecule has 0 atom stereocenters. The summed E-state index contributed by atoms with van der Waals surface area (Å²) in [6.07, 6.45) is 1.69. The minimum absolute atomic E-state index is 0.00368. The van der Waals surface area contributed by atoms with Crippen molar-refractivity contribution in [2.45, 2.75) is 25.8 Å². The number of rotatable bonds is 2. The number of amides is 2. The SMILES string of the molecule is CC(=O)NC1CCN(C(=O)CS)CC1. The lowest BCUT2D eigenvalue weighted by Gasteiger charge is -2.31. The molecule has 14 heavy (non-hydrogen) atoms. The predicted octanol–water partition coefficient (Wildman–Crippen LogP) is 0.0433. The van der Waals surface area contributed by atoms with Crippen LogP contribution in [0.3, 0.4) is 0 Å². The summed E-state index contributed by atoms with van der Waals surface area (Å²) in [5.74, 6) is 0.351. The van der Waals surface area contributed by atoms with E-state index in [9.17, 15) is 9.59 Å². The second kappa shape index (κ2) is 5.24. The third-order valence-corrected chi connectivity index (χ3v) is 2.66. The van der Waals surface area contributed by atoms with Crippen LogP contribution in [0.15, 0.2) is 0 Å². The lowest BCUT2D eigenvalue weighted by Crippen LogP contribution is -2.46. The summed E-state index contributed by atoms with van der Waals surface area (Å²) in [7, 11) is 0. The number of piperidine rings is 1. The van der Waals surface area contributed by atoms with E-state index >= 15 is 0 Å². The van der Waals surface area contributed by atoms with E-state index in [0.717, 1.165) is 25.9 Å². The summed E-state index contributed by atoms with van der Waals surface area (Å²) in [6, 6.07) is 0.233. The fourth-order valence-electron chi connectivity index (χ4n) is 1.66. The van der Waals surface area contributed by atoms with E-state index in [0.29, 0.717) is 0 Å². The summed E-state index contributed by atoms with van der Waals surface area (Å²) in [5.41, 5.74) is 0. The number of likely N-dealkylation sites (tertiary alicyclic amines) is 1. The molecule has 0 spiro atoms. The van der Waals surface area contributed by atoms with Crippen molar-refractivity contribution in [2.24, 2.45) is 0 Å². The molecule has 80 valence electrons. The first-order valence-electron chi connectivity index (χ1n) is 4.79. The molecular formula is C9H16N2O2S. The molecule has 0 bridgehead atoms. The van der Waals surface area contributed by atoms with Gasteiger partial charge in [0.25, 0.3) is 0 Å². The van der Waals surface area contributed by atoms with Crippen LogP contribution >= 0.6 is 12.6 Å². The smallest absolute Gasteiger partial charge is 0.232 e. The van der Waals surface area contributed by atoms with Gasteiger partial charge >= 0.3 is 0 Å². The van der Waals surface area contributed by atoms with Crippen LogP contribution in [-0.4, -0.2) is 41.6 Å². The molecule has 1 saturated heterocycles. The summed E-state index contributed by atoms with van der Waals surface area (Å²) in [6.45, 7) is 2.97. The molecule has 2 amide bonds. The Kier molecular flexibility index (Phi) is 4.25. The maximum Gasteiger partial charge on any atom is 0.232 e. The summed E-state index contributed by atoms with van der Waals surface area (Å²) >= 11 is 3.94. The van der Waals surface area contributed by atoms with Crippen molar-refractivity contribution in [2.75, 3.05) is 18.8 Å². The van der Waals surface area contributed by atoms with Crippen molar-refractivity contribution in [3.8, 4) is 0 Å². The van der Waals surface area contributed by atoms with Gasteiger partial charge in [-0.2, -0.15) is 12.6 Å². The molecule has 0 aromatic carbocycles. The van der Waals surface area contributed by atoms with E-state index in [-0.39, 0.29) is 23.6 Å². The highest BCUT2D eigenvalue weighted by atomic mass is 32.1.